The molecule has 0 aromatic carbocycles. The summed E-state index contributed by atoms with van der Waals surface area (Å²) in [7, 11) is 0. The molecule has 1 fully saturated rings. The number of amides is 1. The number of hydrogen-bond acceptors (Lipinski definition) is 10. The van der Waals surface area contributed by atoms with Gasteiger partial charge < -0.3 is 45.1 Å². The molecule has 70 heavy (non-hydrogen) atoms. The average Bonchev–Trinajstić information content (AvgIpc) is 3.36. The van der Waals surface area contributed by atoms with E-state index in [-0.39, 0.29) is 13.0 Å². The van der Waals surface area contributed by atoms with E-state index in [2.05, 4.69) is 56.5 Å². The minimum Gasteiger partial charge on any atom is -0.454 e. The number of esters is 1. The maximum Gasteiger partial charge on any atom is 0.306 e. The first kappa shape index (κ1) is 65.6. The predicted octanol–water partition coefficient (Wildman–Crippen LogP) is 12.9. The minimum absolute atomic E-state index is 0.111. The van der Waals surface area contributed by atoms with Gasteiger partial charge in [0.05, 0.1) is 25.4 Å². The molecule has 8 unspecified atom stereocenters. The van der Waals surface area contributed by atoms with Gasteiger partial charge >= 0.3 is 5.97 Å². The normalized spacial score (nSPS) is 20.0. The van der Waals surface area contributed by atoms with Gasteiger partial charge in [0.1, 0.15) is 24.4 Å². The Bertz CT molecular complexity index is 1320. The van der Waals surface area contributed by atoms with Crippen molar-refractivity contribution < 1.29 is 49.3 Å². The van der Waals surface area contributed by atoms with Gasteiger partial charge in [0.15, 0.2) is 12.4 Å². The molecule has 1 aliphatic rings. The molecule has 0 spiro atoms. The summed E-state index contributed by atoms with van der Waals surface area (Å²) in [6.45, 7) is 5.65. The van der Waals surface area contributed by atoms with Gasteiger partial charge in [0, 0.05) is 6.42 Å². The number of carbonyl (C=O) groups is 2. The SMILES string of the molecule is CC/C=C/C=C/C=C/CCCCCCCCCC(=O)OC1C(OCC(NC(=O)C(O)CCCCCCCCCCCCCCCC)C(O)/C=C/CCCCCCCCCCCC)OC(CO)C(O)C1O. The molecule has 8 atom stereocenters. The van der Waals surface area contributed by atoms with E-state index in [1.54, 1.807) is 6.08 Å². The maximum atomic E-state index is 13.4. The van der Waals surface area contributed by atoms with E-state index in [0.717, 1.165) is 89.9 Å². The van der Waals surface area contributed by atoms with Crippen LogP contribution in [0.2, 0.25) is 0 Å². The summed E-state index contributed by atoms with van der Waals surface area (Å²) in [5, 5.41) is 56.8. The zero-order chi connectivity index (χ0) is 51.1. The number of hydrogen-bond donors (Lipinski definition) is 6. The highest BCUT2D eigenvalue weighted by Gasteiger charge is 2.47. The standard InChI is InChI=1S/C59H107NO10/c1-4-7-10-13-16-19-22-25-27-29-32-35-38-41-44-47-54(64)70-57-56(66)55(65)53(48-61)69-59(57)68-49-50(51(62)45-42-39-36-33-30-24-21-18-15-12-9-6-3)60-58(67)52(63)46-43-40-37-34-31-28-26-23-20-17-14-11-8-5-2/h7,10,13,16,19,22,42,45,50-53,55-57,59,61-63,65-66H,4-6,8-9,11-12,14-15,17-18,20-21,23-41,43-44,46-49H2,1-3H3,(H,60,67)/b10-7+,16-13+,22-19+,45-42+. The van der Waals surface area contributed by atoms with E-state index in [0.29, 0.717) is 19.3 Å². The molecule has 1 heterocycles. The smallest absolute Gasteiger partial charge is 0.306 e. The molecule has 11 nitrogen and oxygen atoms in total. The van der Waals surface area contributed by atoms with Crippen molar-refractivity contribution in [1.29, 1.82) is 0 Å². The molecule has 0 aromatic heterocycles. The van der Waals surface area contributed by atoms with Crippen molar-refractivity contribution in [2.45, 2.75) is 301 Å². The summed E-state index contributed by atoms with van der Waals surface area (Å²) >= 11 is 0. The minimum atomic E-state index is -1.62. The van der Waals surface area contributed by atoms with Crippen LogP contribution in [-0.2, 0) is 23.8 Å². The van der Waals surface area contributed by atoms with E-state index in [9.17, 15) is 35.1 Å². The molecule has 0 bridgehead atoms. The molecule has 6 N–H and O–H groups in total. The van der Waals surface area contributed by atoms with Crippen LogP contribution in [0.1, 0.15) is 252 Å². The zero-order valence-corrected chi connectivity index (χ0v) is 44.9. The molecule has 1 amide bonds. The van der Waals surface area contributed by atoms with Crippen molar-refractivity contribution >= 4 is 11.9 Å². The lowest BCUT2D eigenvalue weighted by atomic mass is 9.99. The summed E-state index contributed by atoms with van der Waals surface area (Å²) in [5.41, 5.74) is 0. The molecule has 1 aliphatic heterocycles. The first-order valence-electron chi connectivity index (χ1n) is 28.9. The third kappa shape index (κ3) is 35.7. The molecule has 408 valence electrons. The molecule has 0 aromatic rings. The van der Waals surface area contributed by atoms with Crippen LogP contribution in [0.3, 0.4) is 0 Å². The van der Waals surface area contributed by atoms with Crippen LogP contribution in [-0.4, -0.2) is 99.6 Å². The van der Waals surface area contributed by atoms with Gasteiger partial charge in [-0.15, -0.1) is 0 Å². The first-order chi connectivity index (χ1) is 34.2. The summed E-state index contributed by atoms with van der Waals surface area (Å²) in [5.74, 6) is -1.20. The number of carbonyl (C=O) groups excluding carboxylic acids is 2. The average molecular weight is 991 g/mol. The van der Waals surface area contributed by atoms with Gasteiger partial charge in [-0.1, -0.05) is 249 Å². The Labute approximate surface area is 427 Å². The van der Waals surface area contributed by atoms with Crippen molar-refractivity contribution in [3.05, 3.63) is 48.6 Å². The lowest BCUT2D eigenvalue weighted by molar-refractivity contribution is -0.305. The van der Waals surface area contributed by atoms with Gasteiger partial charge in [-0.25, -0.2) is 0 Å². The fraction of sp³-hybridized carbons (Fsp3) is 0.831. The molecule has 0 radical (unpaired) electrons. The quantitative estimate of drug-likeness (QED) is 0.0149. The second-order valence-corrected chi connectivity index (χ2v) is 20.1. The zero-order valence-electron chi connectivity index (χ0n) is 44.9. The Hall–Kier alpha value is -2.38. The van der Waals surface area contributed by atoms with Crippen molar-refractivity contribution in [2.75, 3.05) is 13.2 Å². The van der Waals surface area contributed by atoms with Crippen molar-refractivity contribution in [3.63, 3.8) is 0 Å². The van der Waals surface area contributed by atoms with Gasteiger partial charge in [-0.3, -0.25) is 9.59 Å². The van der Waals surface area contributed by atoms with Gasteiger partial charge in [0.2, 0.25) is 5.91 Å². The molecule has 1 saturated heterocycles. The highest BCUT2D eigenvalue weighted by molar-refractivity contribution is 5.80. The van der Waals surface area contributed by atoms with E-state index in [1.165, 1.54) is 116 Å². The van der Waals surface area contributed by atoms with Crippen LogP contribution < -0.4 is 5.32 Å². The molecule has 0 aliphatic carbocycles. The van der Waals surface area contributed by atoms with Crippen LogP contribution in [0.25, 0.3) is 0 Å². The molecular weight excluding hydrogens is 883 g/mol. The van der Waals surface area contributed by atoms with Crippen LogP contribution in [0.15, 0.2) is 48.6 Å². The van der Waals surface area contributed by atoms with Crippen LogP contribution in [0.4, 0.5) is 0 Å². The Balaban J connectivity index is 2.73. The molecule has 1 rings (SSSR count). The molecule has 11 heteroatoms. The number of aliphatic hydroxyl groups is 5. The summed E-state index contributed by atoms with van der Waals surface area (Å²) in [6.07, 6.45) is 45.8. The largest absolute Gasteiger partial charge is 0.454 e. The first-order valence-corrected chi connectivity index (χ1v) is 28.9. The fourth-order valence-corrected chi connectivity index (χ4v) is 8.95. The second kappa shape index (κ2) is 47.6. The van der Waals surface area contributed by atoms with E-state index >= 15 is 0 Å². The Kier molecular flexibility index (Phi) is 44.6. The lowest BCUT2D eigenvalue weighted by Gasteiger charge is -2.41. The van der Waals surface area contributed by atoms with Crippen LogP contribution in [0, 0.1) is 0 Å². The Morgan fingerprint density at radius 2 is 1.03 bits per heavy atom. The van der Waals surface area contributed by atoms with Crippen molar-refractivity contribution in [1.82, 2.24) is 5.32 Å². The summed E-state index contributed by atoms with van der Waals surface area (Å²) < 4.78 is 17.6. The number of unbranched alkanes of at least 4 members (excludes halogenated alkanes) is 30. The number of ether oxygens (including phenoxy) is 3. The summed E-state index contributed by atoms with van der Waals surface area (Å²) in [6, 6.07) is -1.02. The number of allylic oxidation sites excluding steroid dienone is 7. The second-order valence-electron chi connectivity index (χ2n) is 20.1. The monoisotopic (exact) mass is 990 g/mol. The van der Waals surface area contributed by atoms with Crippen molar-refractivity contribution in [3.8, 4) is 0 Å². The van der Waals surface area contributed by atoms with Gasteiger partial charge in [-0.05, 0) is 44.9 Å². The topological polar surface area (TPSA) is 175 Å². The highest BCUT2D eigenvalue weighted by atomic mass is 16.7. The van der Waals surface area contributed by atoms with E-state index in [4.69, 9.17) is 14.2 Å². The maximum absolute atomic E-state index is 13.4. The number of rotatable bonds is 48. The van der Waals surface area contributed by atoms with Crippen LogP contribution in [0.5, 0.6) is 0 Å². The van der Waals surface area contributed by atoms with E-state index in [1.807, 2.05) is 12.2 Å². The molecule has 0 saturated carbocycles. The van der Waals surface area contributed by atoms with Gasteiger partial charge in [0.25, 0.3) is 0 Å². The van der Waals surface area contributed by atoms with Gasteiger partial charge in [-0.2, -0.15) is 0 Å². The predicted molar refractivity (Wildman–Crippen MR) is 287 cm³/mol. The fourth-order valence-electron chi connectivity index (χ4n) is 8.95. The Morgan fingerprint density at radius 3 is 1.53 bits per heavy atom. The number of nitrogens with one attached hydrogen (secondary N) is 1. The van der Waals surface area contributed by atoms with Crippen LogP contribution >= 0.6 is 0 Å². The number of aliphatic hydroxyl groups excluding tert-OH is 5. The molecular formula is C59H107NO10. The van der Waals surface area contributed by atoms with E-state index < -0.39 is 67.4 Å². The van der Waals surface area contributed by atoms with Crippen molar-refractivity contribution in [2.24, 2.45) is 0 Å². The highest BCUT2D eigenvalue weighted by Crippen LogP contribution is 2.26. The summed E-state index contributed by atoms with van der Waals surface area (Å²) in [4.78, 5) is 26.4. The third-order valence-corrected chi connectivity index (χ3v) is 13.6. The lowest BCUT2D eigenvalue weighted by Crippen LogP contribution is -2.61. The Morgan fingerprint density at radius 1 is 0.571 bits per heavy atom. The third-order valence-electron chi connectivity index (χ3n) is 13.6.